The summed E-state index contributed by atoms with van der Waals surface area (Å²) in [6, 6.07) is 7.66. The number of hydrogen-bond acceptors (Lipinski definition) is 4. The third-order valence-electron chi connectivity index (χ3n) is 3.48. The molecule has 120 valence electrons. The lowest BCUT2D eigenvalue weighted by Gasteiger charge is -2.10. The SMILES string of the molecule is CCOc1ccc2[nH]c(=O)c(CNCCCN(C)C)cc2c1. The molecule has 0 aliphatic heterocycles. The lowest BCUT2D eigenvalue weighted by molar-refractivity contribution is 0.340. The first kappa shape index (κ1) is 16.5. The third kappa shape index (κ3) is 4.58. The lowest BCUT2D eigenvalue weighted by Crippen LogP contribution is -2.24. The van der Waals surface area contributed by atoms with E-state index in [0.717, 1.165) is 41.7 Å². The fraction of sp³-hybridized carbons (Fsp3) is 0.471. The second kappa shape index (κ2) is 7.96. The minimum Gasteiger partial charge on any atom is -0.494 e. The Kier molecular flexibility index (Phi) is 5.98. The largest absolute Gasteiger partial charge is 0.494 e. The van der Waals surface area contributed by atoms with Gasteiger partial charge in [-0.2, -0.15) is 0 Å². The number of nitrogens with zero attached hydrogens (tertiary/aromatic N) is 1. The Balaban J connectivity index is 2.05. The molecular weight excluding hydrogens is 278 g/mol. The van der Waals surface area contributed by atoms with Crippen molar-refractivity contribution in [3.63, 3.8) is 0 Å². The second-order valence-corrected chi connectivity index (χ2v) is 5.64. The van der Waals surface area contributed by atoms with E-state index in [-0.39, 0.29) is 5.56 Å². The Bertz CT molecular complexity index is 664. The van der Waals surface area contributed by atoms with Gasteiger partial charge >= 0.3 is 0 Å². The van der Waals surface area contributed by atoms with Gasteiger partial charge in [-0.05, 0) is 64.8 Å². The number of hydrogen-bond donors (Lipinski definition) is 2. The van der Waals surface area contributed by atoms with Crippen LogP contribution in [0.2, 0.25) is 0 Å². The van der Waals surface area contributed by atoms with E-state index < -0.39 is 0 Å². The van der Waals surface area contributed by atoms with Crippen LogP contribution in [0.3, 0.4) is 0 Å². The van der Waals surface area contributed by atoms with E-state index in [0.29, 0.717) is 13.2 Å². The number of ether oxygens (including phenoxy) is 1. The molecule has 0 aliphatic carbocycles. The number of aromatic amines is 1. The summed E-state index contributed by atoms with van der Waals surface area (Å²) in [4.78, 5) is 17.2. The van der Waals surface area contributed by atoms with Crippen LogP contribution in [-0.2, 0) is 6.54 Å². The van der Waals surface area contributed by atoms with Crippen molar-refractivity contribution in [2.24, 2.45) is 0 Å². The summed E-state index contributed by atoms with van der Waals surface area (Å²) in [5, 5.41) is 4.32. The van der Waals surface area contributed by atoms with Crippen LogP contribution in [0.25, 0.3) is 10.9 Å². The number of nitrogens with one attached hydrogen (secondary N) is 2. The van der Waals surface area contributed by atoms with Crippen LogP contribution >= 0.6 is 0 Å². The number of aromatic nitrogens is 1. The summed E-state index contributed by atoms with van der Waals surface area (Å²) in [5.41, 5.74) is 1.56. The molecule has 0 saturated carbocycles. The highest BCUT2D eigenvalue weighted by atomic mass is 16.5. The third-order valence-corrected chi connectivity index (χ3v) is 3.48. The summed E-state index contributed by atoms with van der Waals surface area (Å²) in [6.45, 7) is 5.11. The molecule has 1 heterocycles. The quantitative estimate of drug-likeness (QED) is 0.732. The maximum atomic E-state index is 12.1. The van der Waals surface area contributed by atoms with Crippen LogP contribution in [0.15, 0.2) is 29.1 Å². The molecule has 2 rings (SSSR count). The first-order valence-corrected chi connectivity index (χ1v) is 7.74. The Morgan fingerprint density at radius 1 is 1.27 bits per heavy atom. The maximum absolute atomic E-state index is 12.1. The van der Waals surface area contributed by atoms with Crippen LogP contribution in [0, 0.1) is 0 Å². The van der Waals surface area contributed by atoms with Gasteiger partial charge in [0.2, 0.25) is 0 Å². The second-order valence-electron chi connectivity index (χ2n) is 5.64. The number of H-pyrrole nitrogens is 1. The molecule has 5 nitrogen and oxygen atoms in total. The Labute approximate surface area is 131 Å². The fourth-order valence-corrected chi connectivity index (χ4v) is 2.36. The van der Waals surface area contributed by atoms with E-state index in [1.807, 2.05) is 31.2 Å². The summed E-state index contributed by atoms with van der Waals surface area (Å²) in [6.07, 6.45) is 1.06. The number of benzene rings is 1. The van der Waals surface area contributed by atoms with E-state index in [4.69, 9.17) is 4.74 Å². The van der Waals surface area contributed by atoms with E-state index in [2.05, 4.69) is 29.3 Å². The topological polar surface area (TPSA) is 57.4 Å². The normalized spacial score (nSPS) is 11.3. The smallest absolute Gasteiger partial charge is 0.252 e. The molecule has 0 radical (unpaired) electrons. The molecule has 0 saturated heterocycles. The van der Waals surface area contributed by atoms with Gasteiger partial charge in [0.05, 0.1) is 6.61 Å². The number of rotatable bonds is 8. The maximum Gasteiger partial charge on any atom is 0.252 e. The first-order chi connectivity index (χ1) is 10.6. The number of fused-ring (bicyclic) bond motifs is 1. The highest BCUT2D eigenvalue weighted by Gasteiger charge is 2.04. The Hall–Kier alpha value is -1.85. The van der Waals surface area contributed by atoms with Gasteiger partial charge in [-0.15, -0.1) is 0 Å². The number of pyridine rings is 1. The van der Waals surface area contributed by atoms with Crippen molar-refractivity contribution in [3.8, 4) is 5.75 Å². The van der Waals surface area contributed by atoms with Crippen LogP contribution < -0.4 is 15.6 Å². The molecule has 0 unspecified atom stereocenters. The van der Waals surface area contributed by atoms with E-state index in [1.165, 1.54) is 0 Å². The molecule has 1 aromatic heterocycles. The minimum absolute atomic E-state index is 0.0308. The lowest BCUT2D eigenvalue weighted by atomic mass is 10.1. The molecule has 0 aliphatic rings. The van der Waals surface area contributed by atoms with E-state index >= 15 is 0 Å². The fourth-order valence-electron chi connectivity index (χ4n) is 2.36. The van der Waals surface area contributed by atoms with Crippen molar-refractivity contribution >= 4 is 10.9 Å². The van der Waals surface area contributed by atoms with Gasteiger partial charge < -0.3 is 19.9 Å². The van der Waals surface area contributed by atoms with E-state index in [9.17, 15) is 4.79 Å². The summed E-state index contributed by atoms with van der Waals surface area (Å²) >= 11 is 0. The predicted molar refractivity (Wildman–Crippen MR) is 90.6 cm³/mol. The zero-order chi connectivity index (χ0) is 15.9. The zero-order valence-electron chi connectivity index (χ0n) is 13.6. The molecule has 0 atom stereocenters. The molecule has 5 heteroatoms. The molecule has 0 fully saturated rings. The van der Waals surface area contributed by atoms with Gasteiger partial charge in [0.1, 0.15) is 5.75 Å². The van der Waals surface area contributed by atoms with Crippen molar-refractivity contribution in [2.45, 2.75) is 19.9 Å². The van der Waals surface area contributed by atoms with Crippen LogP contribution in [0.4, 0.5) is 0 Å². The summed E-state index contributed by atoms with van der Waals surface area (Å²) < 4.78 is 5.51. The highest BCUT2D eigenvalue weighted by Crippen LogP contribution is 2.19. The molecule has 1 aromatic carbocycles. The Morgan fingerprint density at radius 3 is 2.82 bits per heavy atom. The average molecular weight is 303 g/mol. The van der Waals surface area contributed by atoms with Gasteiger partial charge in [-0.1, -0.05) is 0 Å². The molecule has 2 aromatic rings. The Morgan fingerprint density at radius 2 is 2.09 bits per heavy atom. The summed E-state index contributed by atoms with van der Waals surface area (Å²) in [5.74, 6) is 0.826. The van der Waals surface area contributed by atoms with Crippen molar-refractivity contribution in [2.75, 3.05) is 33.8 Å². The van der Waals surface area contributed by atoms with Gasteiger partial charge in [-0.3, -0.25) is 4.79 Å². The minimum atomic E-state index is -0.0308. The average Bonchev–Trinajstić information content (AvgIpc) is 2.47. The molecule has 2 N–H and O–H groups in total. The zero-order valence-corrected chi connectivity index (χ0v) is 13.6. The van der Waals surface area contributed by atoms with Crippen molar-refractivity contribution in [1.29, 1.82) is 0 Å². The monoisotopic (exact) mass is 303 g/mol. The standard InChI is InChI=1S/C17H25N3O2/c1-4-22-15-6-7-16-13(11-15)10-14(17(21)19-16)12-18-8-5-9-20(2)3/h6-7,10-11,18H,4-5,8-9,12H2,1-3H3,(H,19,21). The van der Waals surface area contributed by atoms with Crippen LogP contribution in [-0.4, -0.2) is 43.7 Å². The molecule has 0 bridgehead atoms. The molecule has 0 amide bonds. The van der Waals surface area contributed by atoms with Crippen molar-refractivity contribution < 1.29 is 4.74 Å². The molecular formula is C17H25N3O2. The van der Waals surface area contributed by atoms with Gasteiger partial charge in [0, 0.05) is 23.0 Å². The molecule has 22 heavy (non-hydrogen) atoms. The van der Waals surface area contributed by atoms with Gasteiger partial charge in [-0.25, -0.2) is 0 Å². The first-order valence-electron chi connectivity index (χ1n) is 7.74. The molecule has 0 spiro atoms. The van der Waals surface area contributed by atoms with Crippen LogP contribution in [0.5, 0.6) is 5.75 Å². The van der Waals surface area contributed by atoms with Crippen molar-refractivity contribution in [1.82, 2.24) is 15.2 Å². The van der Waals surface area contributed by atoms with Gasteiger partial charge in [0.25, 0.3) is 5.56 Å². The predicted octanol–water partition coefficient (Wildman–Crippen LogP) is 1.97. The highest BCUT2D eigenvalue weighted by molar-refractivity contribution is 5.80. The summed E-state index contributed by atoms with van der Waals surface area (Å²) in [7, 11) is 4.12. The van der Waals surface area contributed by atoms with Crippen molar-refractivity contribution in [3.05, 3.63) is 40.2 Å². The van der Waals surface area contributed by atoms with Gasteiger partial charge in [0.15, 0.2) is 0 Å². The van der Waals surface area contributed by atoms with E-state index in [1.54, 1.807) is 0 Å². The van der Waals surface area contributed by atoms with Crippen LogP contribution in [0.1, 0.15) is 18.9 Å².